The van der Waals surface area contributed by atoms with Gasteiger partial charge < -0.3 is 4.90 Å². The minimum atomic E-state index is -3.33. The SMILES string of the molecule is O=C(c1ccsc1)N1[C@@H]2CC[C@@H]1CC(S(=O)(=O)c1ccccc1)C2. The first-order valence-corrected chi connectivity index (χ1v) is 10.7. The van der Waals surface area contributed by atoms with Crippen molar-refractivity contribution in [3.8, 4) is 0 Å². The predicted octanol–water partition coefficient (Wildman–Crippen LogP) is 3.36. The molecule has 1 amide bonds. The fourth-order valence-electron chi connectivity index (χ4n) is 4.05. The summed E-state index contributed by atoms with van der Waals surface area (Å²) in [5.74, 6) is 0.0549. The lowest BCUT2D eigenvalue weighted by atomic mass is 10.0. The standard InChI is InChI=1S/C18H19NO3S2/c20-18(13-8-9-23-12-13)19-14-6-7-15(19)11-17(10-14)24(21,22)16-4-2-1-3-5-16/h1-5,8-9,12,14-15,17H,6-7,10-11H2/t14-,15-/m1/s1. The first kappa shape index (κ1) is 15.8. The van der Waals surface area contributed by atoms with Crippen LogP contribution in [0.1, 0.15) is 36.0 Å². The Hall–Kier alpha value is -1.66. The molecule has 4 nitrogen and oxygen atoms in total. The van der Waals surface area contributed by atoms with E-state index in [0.29, 0.717) is 17.7 Å². The van der Waals surface area contributed by atoms with Crippen LogP contribution in [0.2, 0.25) is 0 Å². The molecular formula is C18H19NO3S2. The lowest BCUT2D eigenvalue weighted by molar-refractivity contribution is 0.0599. The van der Waals surface area contributed by atoms with Crippen LogP contribution < -0.4 is 0 Å². The van der Waals surface area contributed by atoms with E-state index in [-0.39, 0.29) is 23.2 Å². The molecule has 6 heteroatoms. The Morgan fingerprint density at radius 3 is 2.29 bits per heavy atom. The molecule has 0 unspecified atom stereocenters. The first-order chi connectivity index (χ1) is 11.6. The van der Waals surface area contributed by atoms with E-state index < -0.39 is 9.84 Å². The van der Waals surface area contributed by atoms with Crippen LogP contribution in [0.15, 0.2) is 52.1 Å². The van der Waals surface area contributed by atoms with E-state index in [9.17, 15) is 13.2 Å². The molecule has 2 bridgehead atoms. The molecule has 2 aromatic rings. The Bertz CT molecular complexity index is 816. The zero-order valence-corrected chi connectivity index (χ0v) is 14.8. The highest BCUT2D eigenvalue weighted by Gasteiger charge is 2.47. The highest BCUT2D eigenvalue weighted by molar-refractivity contribution is 7.92. The van der Waals surface area contributed by atoms with Gasteiger partial charge in [0.25, 0.3) is 5.91 Å². The summed E-state index contributed by atoms with van der Waals surface area (Å²) < 4.78 is 25.8. The molecule has 2 atom stereocenters. The summed E-state index contributed by atoms with van der Waals surface area (Å²) in [4.78, 5) is 15.1. The Morgan fingerprint density at radius 1 is 1.04 bits per heavy atom. The molecule has 0 saturated carbocycles. The molecule has 24 heavy (non-hydrogen) atoms. The zero-order valence-electron chi connectivity index (χ0n) is 13.2. The molecular weight excluding hydrogens is 342 g/mol. The maximum absolute atomic E-state index is 12.9. The van der Waals surface area contributed by atoms with E-state index in [1.165, 1.54) is 11.3 Å². The lowest BCUT2D eigenvalue weighted by Gasteiger charge is -2.38. The van der Waals surface area contributed by atoms with Gasteiger partial charge in [-0.25, -0.2) is 8.42 Å². The number of hydrogen-bond acceptors (Lipinski definition) is 4. The van der Waals surface area contributed by atoms with Gasteiger partial charge in [-0.2, -0.15) is 11.3 Å². The summed E-state index contributed by atoms with van der Waals surface area (Å²) >= 11 is 1.51. The fourth-order valence-corrected chi connectivity index (χ4v) is 6.55. The number of thiophene rings is 1. The molecule has 126 valence electrons. The fraction of sp³-hybridized carbons (Fsp3) is 0.389. The van der Waals surface area contributed by atoms with Crippen LogP contribution in [0.25, 0.3) is 0 Å². The van der Waals surface area contributed by atoms with Gasteiger partial charge >= 0.3 is 0 Å². The van der Waals surface area contributed by atoms with Gasteiger partial charge in [0.05, 0.1) is 15.7 Å². The lowest BCUT2D eigenvalue weighted by Crippen LogP contribution is -2.49. The van der Waals surface area contributed by atoms with Gasteiger partial charge in [0.2, 0.25) is 0 Å². The van der Waals surface area contributed by atoms with Crippen molar-refractivity contribution in [2.45, 2.75) is 47.9 Å². The third-order valence-electron chi connectivity index (χ3n) is 5.20. The Balaban J connectivity index is 1.58. The predicted molar refractivity (Wildman–Crippen MR) is 93.9 cm³/mol. The summed E-state index contributed by atoms with van der Waals surface area (Å²) in [7, 11) is -3.33. The average molecular weight is 361 g/mol. The Morgan fingerprint density at radius 2 is 1.71 bits per heavy atom. The number of rotatable bonds is 3. The summed E-state index contributed by atoms with van der Waals surface area (Å²) in [5, 5.41) is 3.39. The summed E-state index contributed by atoms with van der Waals surface area (Å²) in [6.07, 6.45) is 2.90. The molecule has 2 fully saturated rings. The van der Waals surface area contributed by atoms with Crippen molar-refractivity contribution >= 4 is 27.1 Å². The maximum atomic E-state index is 12.9. The van der Waals surface area contributed by atoms with Crippen LogP contribution in [0.4, 0.5) is 0 Å². The number of benzene rings is 1. The van der Waals surface area contributed by atoms with Crippen LogP contribution in [-0.4, -0.2) is 36.6 Å². The minimum absolute atomic E-state index is 0.0413. The van der Waals surface area contributed by atoms with E-state index in [4.69, 9.17) is 0 Å². The van der Waals surface area contributed by atoms with E-state index in [2.05, 4.69) is 0 Å². The van der Waals surface area contributed by atoms with Crippen molar-refractivity contribution in [1.82, 2.24) is 4.90 Å². The van der Waals surface area contributed by atoms with Gasteiger partial charge in [-0.15, -0.1) is 0 Å². The van der Waals surface area contributed by atoms with Crippen molar-refractivity contribution in [2.24, 2.45) is 0 Å². The molecule has 2 aliphatic rings. The molecule has 0 radical (unpaired) electrons. The number of fused-ring (bicyclic) bond motifs is 2. The third-order valence-corrected chi connectivity index (χ3v) is 8.08. The normalized spacial score (nSPS) is 26.5. The Labute approximate surface area is 146 Å². The second kappa shape index (κ2) is 6.01. The molecule has 1 aromatic carbocycles. The molecule has 0 N–H and O–H groups in total. The topological polar surface area (TPSA) is 54.5 Å². The number of nitrogens with zero attached hydrogens (tertiary/aromatic N) is 1. The maximum Gasteiger partial charge on any atom is 0.255 e. The van der Waals surface area contributed by atoms with E-state index >= 15 is 0 Å². The Kier molecular flexibility index (Phi) is 3.96. The van der Waals surface area contributed by atoms with Crippen molar-refractivity contribution in [2.75, 3.05) is 0 Å². The number of sulfone groups is 1. The average Bonchev–Trinajstić information content (AvgIpc) is 3.21. The largest absolute Gasteiger partial charge is 0.333 e. The second-order valence-corrected chi connectivity index (χ2v) is 9.57. The van der Waals surface area contributed by atoms with Crippen LogP contribution in [0.3, 0.4) is 0 Å². The number of amides is 1. The van der Waals surface area contributed by atoms with Gasteiger partial charge in [-0.05, 0) is 49.3 Å². The second-order valence-electron chi connectivity index (χ2n) is 6.56. The van der Waals surface area contributed by atoms with Gasteiger partial charge in [0.15, 0.2) is 9.84 Å². The molecule has 4 rings (SSSR count). The molecule has 2 aliphatic heterocycles. The monoisotopic (exact) mass is 361 g/mol. The van der Waals surface area contributed by atoms with E-state index in [0.717, 1.165) is 18.4 Å². The van der Waals surface area contributed by atoms with Crippen molar-refractivity contribution in [1.29, 1.82) is 0 Å². The van der Waals surface area contributed by atoms with Gasteiger partial charge in [0.1, 0.15) is 0 Å². The minimum Gasteiger partial charge on any atom is -0.333 e. The van der Waals surface area contributed by atoms with Gasteiger partial charge in [-0.3, -0.25) is 4.79 Å². The van der Waals surface area contributed by atoms with Crippen LogP contribution >= 0.6 is 11.3 Å². The van der Waals surface area contributed by atoms with E-state index in [1.54, 1.807) is 24.3 Å². The van der Waals surface area contributed by atoms with Crippen LogP contribution in [-0.2, 0) is 9.84 Å². The summed E-state index contributed by atoms with van der Waals surface area (Å²) in [6, 6.07) is 10.6. The van der Waals surface area contributed by atoms with Gasteiger partial charge in [-0.1, -0.05) is 18.2 Å². The molecule has 3 heterocycles. The molecule has 0 aliphatic carbocycles. The first-order valence-electron chi connectivity index (χ1n) is 8.21. The smallest absolute Gasteiger partial charge is 0.255 e. The summed E-state index contributed by atoms with van der Waals surface area (Å²) in [6.45, 7) is 0. The number of hydrogen-bond donors (Lipinski definition) is 0. The van der Waals surface area contributed by atoms with Crippen molar-refractivity contribution in [3.63, 3.8) is 0 Å². The quantitative estimate of drug-likeness (QED) is 0.842. The molecule has 2 saturated heterocycles. The zero-order chi connectivity index (χ0) is 16.7. The highest BCUT2D eigenvalue weighted by atomic mass is 32.2. The molecule has 0 spiro atoms. The third kappa shape index (κ3) is 2.58. The number of piperidine rings is 1. The van der Waals surface area contributed by atoms with E-state index in [1.807, 2.05) is 27.8 Å². The number of carbonyl (C=O) groups is 1. The van der Waals surface area contributed by atoms with Crippen molar-refractivity contribution < 1.29 is 13.2 Å². The summed E-state index contributed by atoms with van der Waals surface area (Å²) in [5.41, 5.74) is 0.723. The highest BCUT2D eigenvalue weighted by Crippen LogP contribution is 2.40. The molecule has 1 aromatic heterocycles. The van der Waals surface area contributed by atoms with Gasteiger partial charge in [0, 0.05) is 17.5 Å². The van der Waals surface area contributed by atoms with Crippen LogP contribution in [0, 0.1) is 0 Å². The number of carbonyl (C=O) groups excluding carboxylic acids is 1. The van der Waals surface area contributed by atoms with Crippen LogP contribution in [0.5, 0.6) is 0 Å². The van der Waals surface area contributed by atoms with Crippen molar-refractivity contribution in [3.05, 3.63) is 52.7 Å².